The van der Waals surface area contributed by atoms with Crippen LogP contribution in [0, 0.1) is 0 Å². The fraction of sp³-hybridized carbons (Fsp3) is 0.500. The summed E-state index contributed by atoms with van der Waals surface area (Å²) in [5, 5.41) is 2.90. The molecule has 0 aliphatic carbocycles. The first-order valence-electron chi connectivity index (χ1n) is 7.26. The average Bonchev–Trinajstić information content (AvgIpc) is 2.45. The Morgan fingerprint density at radius 3 is 2.33 bits per heavy atom. The van der Waals surface area contributed by atoms with Crippen LogP contribution in [0.25, 0.3) is 0 Å². The molecular formula is C16H25N2O3+. The maximum absolute atomic E-state index is 11.8. The molecule has 1 aromatic carbocycles. The minimum absolute atomic E-state index is 0.0630. The molecule has 5 nitrogen and oxygen atoms in total. The zero-order valence-electron chi connectivity index (χ0n) is 13.2. The number of amides is 1. The molecule has 0 saturated heterocycles. The van der Waals surface area contributed by atoms with Crippen LogP contribution < -0.4 is 10.2 Å². The topological polar surface area (TPSA) is 59.8 Å². The SMILES string of the molecule is CC[NH+](CC(=O)NC(C)C)Cc1ccc(C(=O)OC)cc1. The summed E-state index contributed by atoms with van der Waals surface area (Å²) in [6.45, 7) is 8.03. The molecule has 116 valence electrons. The van der Waals surface area contributed by atoms with Gasteiger partial charge in [0.15, 0.2) is 6.54 Å². The van der Waals surface area contributed by atoms with Crippen molar-refractivity contribution in [2.75, 3.05) is 20.2 Å². The summed E-state index contributed by atoms with van der Waals surface area (Å²) in [6, 6.07) is 7.48. The lowest BCUT2D eigenvalue weighted by molar-refractivity contribution is -0.904. The highest BCUT2D eigenvalue weighted by Crippen LogP contribution is 2.04. The minimum atomic E-state index is -0.336. The zero-order chi connectivity index (χ0) is 15.8. The summed E-state index contributed by atoms with van der Waals surface area (Å²) in [6.07, 6.45) is 0. The molecule has 0 radical (unpaired) electrons. The number of nitrogens with one attached hydrogen (secondary N) is 2. The summed E-state index contributed by atoms with van der Waals surface area (Å²) >= 11 is 0. The molecule has 0 spiro atoms. The first-order valence-corrected chi connectivity index (χ1v) is 7.26. The summed E-state index contributed by atoms with van der Waals surface area (Å²) in [5.41, 5.74) is 1.63. The monoisotopic (exact) mass is 293 g/mol. The molecule has 1 aromatic rings. The number of benzene rings is 1. The van der Waals surface area contributed by atoms with Crippen LogP contribution in [0.4, 0.5) is 0 Å². The number of esters is 1. The average molecular weight is 293 g/mol. The van der Waals surface area contributed by atoms with Gasteiger partial charge in [-0.15, -0.1) is 0 Å². The van der Waals surface area contributed by atoms with Gasteiger partial charge < -0.3 is 15.0 Å². The Kier molecular flexibility index (Phi) is 6.88. The number of carbonyl (C=O) groups excluding carboxylic acids is 2. The third kappa shape index (κ3) is 5.95. The second kappa shape index (κ2) is 8.42. The molecule has 5 heteroatoms. The number of quaternary nitrogens is 1. The van der Waals surface area contributed by atoms with Crippen molar-refractivity contribution in [3.05, 3.63) is 35.4 Å². The first kappa shape index (κ1) is 17.2. The van der Waals surface area contributed by atoms with Crippen molar-refractivity contribution in [2.45, 2.75) is 33.4 Å². The van der Waals surface area contributed by atoms with Gasteiger partial charge in [-0.3, -0.25) is 4.79 Å². The zero-order valence-corrected chi connectivity index (χ0v) is 13.2. The highest BCUT2D eigenvalue weighted by Gasteiger charge is 2.14. The lowest BCUT2D eigenvalue weighted by Gasteiger charge is -2.18. The van der Waals surface area contributed by atoms with E-state index in [9.17, 15) is 9.59 Å². The van der Waals surface area contributed by atoms with Crippen molar-refractivity contribution in [2.24, 2.45) is 0 Å². The molecule has 1 rings (SSSR count). The lowest BCUT2D eigenvalue weighted by Crippen LogP contribution is -3.11. The quantitative estimate of drug-likeness (QED) is 0.716. The highest BCUT2D eigenvalue weighted by molar-refractivity contribution is 5.89. The van der Waals surface area contributed by atoms with Crippen molar-refractivity contribution in [1.82, 2.24) is 5.32 Å². The van der Waals surface area contributed by atoms with E-state index < -0.39 is 0 Å². The molecule has 0 aromatic heterocycles. The Morgan fingerprint density at radius 1 is 1.24 bits per heavy atom. The normalized spacial score (nSPS) is 12.0. The predicted molar refractivity (Wildman–Crippen MR) is 81.1 cm³/mol. The van der Waals surface area contributed by atoms with Crippen molar-refractivity contribution in [3.8, 4) is 0 Å². The van der Waals surface area contributed by atoms with Gasteiger partial charge in [0.25, 0.3) is 5.91 Å². The number of carbonyl (C=O) groups is 2. The van der Waals surface area contributed by atoms with Gasteiger partial charge in [-0.05, 0) is 32.9 Å². The molecule has 2 N–H and O–H groups in total. The number of hydrogen-bond donors (Lipinski definition) is 2. The van der Waals surface area contributed by atoms with Gasteiger partial charge in [0.2, 0.25) is 0 Å². The molecule has 0 saturated carbocycles. The molecule has 0 aliphatic heterocycles. The predicted octanol–water partition coefficient (Wildman–Crippen LogP) is 0.403. The fourth-order valence-electron chi connectivity index (χ4n) is 2.08. The van der Waals surface area contributed by atoms with Crippen LogP contribution in [-0.4, -0.2) is 38.1 Å². The second-order valence-corrected chi connectivity index (χ2v) is 5.37. The lowest BCUT2D eigenvalue weighted by atomic mass is 10.1. The molecule has 1 atom stereocenters. The van der Waals surface area contributed by atoms with Gasteiger partial charge in [0, 0.05) is 11.6 Å². The van der Waals surface area contributed by atoms with Crippen molar-refractivity contribution >= 4 is 11.9 Å². The standard InChI is InChI=1S/C16H24N2O3/c1-5-18(11-15(19)17-12(2)3)10-13-6-8-14(9-7-13)16(20)21-4/h6-9,12H,5,10-11H2,1-4H3,(H,17,19)/p+1. The van der Waals surface area contributed by atoms with Gasteiger partial charge in [-0.2, -0.15) is 0 Å². The van der Waals surface area contributed by atoms with E-state index in [1.807, 2.05) is 26.0 Å². The van der Waals surface area contributed by atoms with Crippen LogP contribution in [0.1, 0.15) is 36.7 Å². The van der Waals surface area contributed by atoms with Crippen LogP contribution in [-0.2, 0) is 16.1 Å². The van der Waals surface area contributed by atoms with E-state index in [4.69, 9.17) is 0 Å². The number of rotatable bonds is 7. The van der Waals surface area contributed by atoms with E-state index in [2.05, 4.69) is 17.0 Å². The van der Waals surface area contributed by atoms with Crippen LogP contribution >= 0.6 is 0 Å². The summed E-state index contributed by atoms with van der Waals surface area (Å²) < 4.78 is 4.67. The van der Waals surface area contributed by atoms with Crippen molar-refractivity contribution in [3.63, 3.8) is 0 Å². The third-order valence-electron chi connectivity index (χ3n) is 3.19. The molecule has 0 fully saturated rings. The minimum Gasteiger partial charge on any atom is -0.465 e. The van der Waals surface area contributed by atoms with Gasteiger partial charge in [0.1, 0.15) is 6.54 Å². The van der Waals surface area contributed by atoms with Crippen LogP contribution in [0.3, 0.4) is 0 Å². The number of hydrogen-bond acceptors (Lipinski definition) is 3. The fourth-order valence-corrected chi connectivity index (χ4v) is 2.08. The van der Waals surface area contributed by atoms with Gasteiger partial charge in [-0.1, -0.05) is 12.1 Å². The van der Waals surface area contributed by atoms with E-state index in [0.717, 1.165) is 18.7 Å². The van der Waals surface area contributed by atoms with Crippen LogP contribution in [0.2, 0.25) is 0 Å². The summed E-state index contributed by atoms with van der Waals surface area (Å²) in [5.74, 6) is -0.273. The summed E-state index contributed by atoms with van der Waals surface area (Å²) in [7, 11) is 1.37. The molecule has 21 heavy (non-hydrogen) atoms. The van der Waals surface area contributed by atoms with Crippen molar-refractivity contribution in [1.29, 1.82) is 0 Å². The van der Waals surface area contributed by atoms with E-state index in [1.54, 1.807) is 12.1 Å². The third-order valence-corrected chi connectivity index (χ3v) is 3.19. The van der Waals surface area contributed by atoms with Crippen molar-refractivity contribution < 1.29 is 19.2 Å². The maximum Gasteiger partial charge on any atom is 0.337 e. The van der Waals surface area contributed by atoms with Gasteiger partial charge in [0.05, 0.1) is 19.2 Å². The molecule has 0 bridgehead atoms. The van der Waals surface area contributed by atoms with E-state index in [1.165, 1.54) is 12.0 Å². The van der Waals surface area contributed by atoms with E-state index >= 15 is 0 Å². The van der Waals surface area contributed by atoms with Gasteiger partial charge >= 0.3 is 5.97 Å². The second-order valence-electron chi connectivity index (χ2n) is 5.37. The molecule has 0 aliphatic rings. The highest BCUT2D eigenvalue weighted by atomic mass is 16.5. The number of methoxy groups -OCH3 is 1. The molecular weight excluding hydrogens is 268 g/mol. The molecule has 1 unspecified atom stereocenters. The van der Waals surface area contributed by atoms with E-state index in [-0.39, 0.29) is 17.9 Å². The number of likely N-dealkylation sites (N-methyl/N-ethyl adjacent to an activating group) is 1. The Labute approximate surface area is 126 Å². The molecule has 0 heterocycles. The largest absolute Gasteiger partial charge is 0.465 e. The number of ether oxygens (including phenoxy) is 1. The van der Waals surface area contributed by atoms with E-state index in [0.29, 0.717) is 12.1 Å². The smallest absolute Gasteiger partial charge is 0.337 e. The Morgan fingerprint density at radius 2 is 1.86 bits per heavy atom. The Bertz CT molecular complexity index is 469. The Hall–Kier alpha value is -1.88. The maximum atomic E-state index is 11.8. The van der Waals surface area contributed by atoms with Crippen LogP contribution in [0.15, 0.2) is 24.3 Å². The van der Waals surface area contributed by atoms with Gasteiger partial charge in [-0.25, -0.2) is 4.79 Å². The Balaban J connectivity index is 2.60. The summed E-state index contributed by atoms with van der Waals surface area (Å²) in [4.78, 5) is 24.4. The first-order chi connectivity index (χ1) is 9.96. The van der Waals surface area contributed by atoms with Crippen LogP contribution in [0.5, 0.6) is 0 Å². The molecule has 1 amide bonds.